The molecule has 0 unspecified atom stereocenters. The minimum atomic E-state index is -0.411. The molecule has 0 saturated heterocycles. The van der Waals surface area contributed by atoms with Crippen molar-refractivity contribution < 1.29 is 9.85 Å². The Hall–Kier alpha value is -3.80. The summed E-state index contributed by atoms with van der Waals surface area (Å²) in [6, 6.07) is 13.4. The third kappa shape index (κ3) is 8.09. The Balaban J connectivity index is 0.00000267. The van der Waals surface area contributed by atoms with E-state index in [0.717, 1.165) is 72.6 Å². The molecule has 11 nitrogen and oxygen atoms in total. The minimum Gasteiger partial charge on any atom is -0.384 e. The lowest BCUT2D eigenvalue weighted by Crippen LogP contribution is -2.21. The second-order valence-corrected chi connectivity index (χ2v) is 8.85. The molecule has 0 aliphatic carbocycles. The van der Waals surface area contributed by atoms with Gasteiger partial charge < -0.3 is 16.0 Å². The lowest BCUT2D eigenvalue weighted by Gasteiger charge is -2.12. The van der Waals surface area contributed by atoms with Gasteiger partial charge >= 0.3 is 0 Å². The predicted molar refractivity (Wildman–Crippen MR) is 160 cm³/mol. The van der Waals surface area contributed by atoms with Crippen LogP contribution in [0.5, 0.6) is 0 Å². The number of non-ortho nitro benzene ring substituents is 2. The highest BCUT2D eigenvalue weighted by Gasteiger charge is 2.11. The molecule has 2 aromatic carbocycles. The van der Waals surface area contributed by atoms with Crippen molar-refractivity contribution in [2.75, 3.05) is 36.8 Å². The van der Waals surface area contributed by atoms with Crippen LogP contribution in [-0.4, -0.2) is 46.0 Å². The molecule has 4 aromatic rings. The van der Waals surface area contributed by atoms with Gasteiger partial charge in [-0.3, -0.25) is 30.2 Å². The highest BCUT2D eigenvalue weighted by molar-refractivity contribution is 5.93. The molecule has 2 aromatic heterocycles. The molecule has 0 spiro atoms. The smallest absolute Gasteiger partial charge is 0.271 e. The van der Waals surface area contributed by atoms with E-state index in [9.17, 15) is 20.2 Å². The number of aryl methyl sites for hydroxylation is 2. The van der Waals surface area contributed by atoms with Gasteiger partial charge in [0.1, 0.15) is 0 Å². The van der Waals surface area contributed by atoms with Crippen molar-refractivity contribution in [3.05, 3.63) is 80.1 Å². The number of nitro benzene ring substituents is 2. The molecular formula is C26H31Cl2N7O4. The predicted octanol–water partition coefficient (Wildman–Crippen LogP) is 5.95. The number of benzene rings is 2. The largest absolute Gasteiger partial charge is 0.384 e. The van der Waals surface area contributed by atoms with Crippen molar-refractivity contribution in [3.8, 4) is 0 Å². The van der Waals surface area contributed by atoms with Crippen LogP contribution in [0, 0.1) is 34.1 Å². The van der Waals surface area contributed by atoms with Crippen LogP contribution in [0.2, 0.25) is 0 Å². The van der Waals surface area contributed by atoms with Crippen molar-refractivity contribution in [3.63, 3.8) is 0 Å². The van der Waals surface area contributed by atoms with Gasteiger partial charge in [-0.25, -0.2) is 0 Å². The summed E-state index contributed by atoms with van der Waals surface area (Å²) in [4.78, 5) is 30.1. The van der Waals surface area contributed by atoms with E-state index in [-0.39, 0.29) is 36.2 Å². The highest BCUT2D eigenvalue weighted by Crippen LogP contribution is 2.28. The first-order valence-corrected chi connectivity index (χ1v) is 12.1. The summed E-state index contributed by atoms with van der Waals surface area (Å²) in [5.41, 5.74) is 4.74. The van der Waals surface area contributed by atoms with E-state index in [4.69, 9.17) is 0 Å². The van der Waals surface area contributed by atoms with Crippen molar-refractivity contribution in [2.45, 2.75) is 26.7 Å². The second-order valence-electron chi connectivity index (χ2n) is 8.85. The number of hydrogen-bond acceptors (Lipinski definition) is 9. The van der Waals surface area contributed by atoms with E-state index in [0.29, 0.717) is 11.0 Å². The molecule has 0 amide bonds. The van der Waals surface area contributed by atoms with Crippen molar-refractivity contribution in [1.82, 2.24) is 15.3 Å². The highest BCUT2D eigenvalue weighted by atomic mass is 35.5. The average Bonchev–Trinajstić information content (AvgIpc) is 2.86. The number of pyridine rings is 2. The van der Waals surface area contributed by atoms with Crippen LogP contribution in [0.4, 0.5) is 22.7 Å². The van der Waals surface area contributed by atoms with E-state index in [1.54, 1.807) is 12.1 Å². The minimum absolute atomic E-state index is 0. The van der Waals surface area contributed by atoms with Crippen LogP contribution in [0.15, 0.2) is 48.5 Å². The zero-order chi connectivity index (χ0) is 26.4. The van der Waals surface area contributed by atoms with Gasteiger partial charge in [-0.2, -0.15) is 0 Å². The zero-order valence-electron chi connectivity index (χ0n) is 21.6. The fourth-order valence-electron chi connectivity index (χ4n) is 4.22. The number of hydrogen-bond donors (Lipinski definition) is 3. The lowest BCUT2D eigenvalue weighted by molar-refractivity contribution is -0.384. The molecule has 39 heavy (non-hydrogen) atoms. The van der Waals surface area contributed by atoms with Crippen molar-refractivity contribution >= 4 is 69.4 Å². The Morgan fingerprint density at radius 2 is 1.08 bits per heavy atom. The van der Waals surface area contributed by atoms with E-state index < -0.39 is 9.85 Å². The van der Waals surface area contributed by atoms with Gasteiger partial charge in [0, 0.05) is 70.9 Å². The second kappa shape index (κ2) is 14.4. The van der Waals surface area contributed by atoms with E-state index in [1.807, 2.05) is 26.0 Å². The van der Waals surface area contributed by atoms with Gasteiger partial charge in [-0.15, -0.1) is 24.8 Å². The summed E-state index contributed by atoms with van der Waals surface area (Å²) in [7, 11) is 0. The van der Waals surface area contributed by atoms with Gasteiger partial charge in [0.15, 0.2) is 0 Å². The van der Waals surface area contributed by atoms with Gasteiger partial charge in [-0.05, 0) is 64.0 Å². The maximum Gasteiger partial charge on any atom is 0.271 e. The molecule has 0 aliphatic rings. The number of nitrogens with one attached hydrogen (secondary N) is 3. The number of nitro groups is 2. The van der Waals surface area contributed by atoms with Crippen molar-refractivity contribution in [2.24, 2.45) is 0 Å². The zero-order valence-corrected chi connectivity index (χ0v) is 23.2. The monoisotopic (exact) mass is 575 g/mol. The number of rotatable bonds is 12. The number of halogens is 2. The molecule has 0 atom stereocenters. The van der Waals surface area contributed by atoms with Crippen molar-refractivity contribution in [1.29, 1.82) is 0 Å². The fourth-order valence-corrected chi connectivity index (χ4v) is 4.22. The molecular weight excluding hydrogens is 545 g/mol. The number of nitrogens with zero attached hydrogens (tertiary/aromatic N) is 4. The summed E-state index contributed by atoms with van der Waals surface area (Å²) in [6.45, 7) is 6.96. The third-order valence-corrected chi connectivity index (χ3v) is 5.96. The molecule has 0 saturated carbocycles. The normalized spacial score (nSPS) is 10.5. The molecule has 0 radical (unpaired) electrons. The van der Waals surface area contributed by atoms with Crippen LogP contribution in [0.1, 0.15) is 24.2 Å². The molecule has 0 aliphatic heterocycles. The fraction of sp³-hybridized carbons (Fsp3) is 0.308. The molecule has 3 N–H and O–H groups in total. The maximum absolute atomic E-state index is 11.1. The average molecular weight is 576 g/mol. The Bertz CT molecular complexity index is 1360. The lowest BCUT2D eigenvalue weighted by atomic mass is 10.1. The first-order chi connectivity index (χ1) is 17.8. The van der Waals surface area contributed by atoms with Crippen LogP contribution in [0.3, 0.4) is 0 Å². The first-order valence-electron chi connectivity index (χ1n) is 12.1. The van der Waals surface area contributed by atoms with Gasteiger partial charge in [0.2, 0.25) is 0 Å². The molecule has 0 bridgehead atoms. The van der Waals surface area contributed by atoms with Crippen LogP contribution < -0.4 is 16.0 Å². The van der Waals surface area contributed by atoms with Crippen LogP contribution >= 0.6 is 24.8 Å². The van der Waals surface area contributed by atoms with E-state index in [1.165, 1.54) is 24.3 Å². The summed E-state index contributed by atoms with van der Waals surface area (Å²) >= 11 is 0. The number of anilines is 2. The first kappa shape index (κ1) is 31.4. The SMILES string of the molecule is Cc1cc(NCCCNCCCNc2cc(C)nc3cc([N+](=O)[O-])ccc23)c2ccc([N+](=O)[O-])cc2n1.Cl.Cl. The molecule has 208 valence electrons. The summed E-state index contributed by atoms with van der Waals surface area (Å²) in [5, 5.41) is 34.1. The Morgan fingerprint density at radius 3 is 1.46 bits per heavy atom. The van der Waals surface area contributed by atoms with Gasteiger partial charge in [0.05, 0.1) is 20.9 Å². The van der Waals surface area contributed by atoms with Crippen LogP contribution in [0.25, 0.3) is 21.8 Å². The van der Waals surface area contributed by atoms with Gasteiger partial charge in [-0.1, -0.05) is 0 Å². The Morgan fingerprint density at radius 1 is 0.667 bits per heavy atom. The van der Waals surface area contributed by atoms with E-state index in [2.05, 4.69) is 25.9 Å². The molecule has 2 heterocycles. The molecule has 4 rings (SSSR count). The number of aromatic nitrogens is 2. The summed E-state index contributed by atoms with van der Waals surface area (Å²) < 4.78 is 0. The quantitative estimate of drug-likeness (QED) is 0.106. The summed E-state index contributed by atoms with van der Waals surface area (Å²) in [5.74, 6) is 0. The summed E-state index contributed by atoms with van der Waals surface area (Å²) in [6.07, 6.45) is 1.83. The molecule has 13 heteroatoms. The van der Waals surface area contributed by atoms with Crippen LogP contribution in [-0.2, 0) is 0 Å². The molecule has 0 fully saturated rings. The number of fused-ring (bicyclic) bond motifs is 2. The Kier molecular flexibility index (Phi) is 11.6. The topological polar surface area (TPSA) is 148 Å². The third-order valence-electron chi connectivity index (χ3n) is 5.96. The maximum atomic E-state index is 11.1. The van der Waals surface area contributed by atoms with Gasteiger partial charge in [0.25, 0.3) is 11.4 Å². The van der Waals surface area contributed by atoms with E-state index >= 15 is 0 Å². The standard InChI is InChI=1S/C26H29N7O4.2ClH/c1-17-13-23(21-7-5-19(32(34)35)15-25(21)30-17)28-11-3-9-27-10-4-12-29-24-14-18(2)31-26-16-20(33(36)37)6-8-22(24)26;;/h5-8,13-16,27H,3-4,9-12H2,1-2H3,(H,28,30)(H,29,31);2*1H. The Labute approximate surface area is 237 Å².